The predicted octanol–water partition coefficient (Wildman–Crippen LogP) is 4.83. The molecule has 19 heavy (non-hydrogen) atoms. The van der Waals surface area contributed by atoms with Crippen LogP contribution in [0.3, 0.4) is 0 Å². The first-order chi connectivity index (χ1) is 9.29. The SMILES string of the molecule is CCO/C(=N/Sc1ccc(Cl)cc1)c1ccccc1. The number of ether oxygens (including phenoxy) is 1. The quantitative estimate of drug-likeness (QED) is 0.457. The zero-order valence-corrected chi connectivity index (χ0v) is 12.1. The van der Waals surface area contributed by atoms with Crippen molar-refractivity contribution < 1.29 is 4.74 Å². The van der Waals surface area contributed by atoms with Gasteiger partial charge in [0.2, 0.25) is 5.90 Å². The highest BCUT2D eigenvalue weighted by Gasteiger charge is 2.04. The van der Waals surface area contributed by atoms with Crippen LogP contribution >= 0.6 is 23.5 Å². The molecular weight excluding hydrogens is 278 g/mol. The Bertz CT molecular complexity index is 540. The lowest BCUT2D eigenvalue weighted by molar-refractivity contribution is 0.330. The average molecular weight is 292 g/mol. The van der Waals surface area contributed by atoms with Crippen molar-refractivity contribution in [2.45, 2.75) is 11.8 Å². The number of halogens is 1. The van der Waals surface area contributed by atoms with Crippen molar-refractivity contribution in [3.63, 3.8) is 0 Å². The van der Waals surface area contributed by atoms with E-state index in [1.807, 2.05) is 61.5 Å². The Morgan fingerprint density at radius 1 is 1.11 bits per heavy atom. The van der Waals surface area contributed by atoms with Crippen molar-refractivity contribution in [2.24, 2.45) is 4.40 Å². The Hall–Kier alpha value is -1.45. The smallest absolute Gasteiger partial charge is 0.227 e. The summed E-state index contributed by atoms with van der Waals surface area (Å²) >= 11 is 7.23. The topological polar surface area (TPSA) is 21.6 Å². The van der Waals surface area contributed by atoms with Gasteiger partial charge >= 0.3 is 0 Å². The summed E-state index contributed by atoms with van der Waals surface area (Å²) in [6.45, 7) is 2.54. The van der Waals surface area contributed by atoms with Crippen LogP contribution in [0.25, 0.3) is 0 Å². The highest BCUT2D eigenvalue weighted by molar-refractivity contribution is 7.98. The highest BCUT2D eigenvalue weighted by atomic mass is 35.5. The monoisotopic (exact) mass is 291 g/mol. The van der Waals surface area contributed by atoms with E-state index >= 15 is 0 Å². The van der Waals surface area contributed by atoms with Crippen LogP contribution in [0.4, 0.5) is 0 Å². The van der Waals surface area contributed by atoms with E-state index in [9.17, 15) is 0 Å². The summed E-state index contributed by atoms with van der Waals surface area (Å²) in [4.78, 5) is 1.03. The van der Waals surface area contributed by atoms with Crippen LogP contribution in [0.1, 0.15) is 12.5 Å². The Labute approximate surface area is 122 Å². The molecular formula is C15H14ClNOS. The fourth-order valence-electron chi connectivity index (χ4n) is 1.47. The minimum absolute atomic E-state index is 0.592. The lowest BCUT2D eigenvalue weighted by Gasteiger charge is -2.06. The standard InChI is InChI=1S/C15H14ClNOS/c1-2-18-15(12-6-4-3-5-7-12)17-19-14-10-8-13(16)9-11-14/h3-11H,2H2,1H3/b17-15+. The van der Waals surface area contributed by atoms with E-state index in [4.69, 9.17) is 16.3 Å². The third-order valence-electron chi connectivity index (χ3n) is 2.35. The van der Waals surface area contributed by atoms with Crippen molar-refractivity contribution in [3.8, 4) is 0 Å². The lowest BCUT2D eigenvalue weighted by atomic mass is 10.2. The lowest BCUT2D eigenvalue weighted by Crippen LogP contribution is -2.05. The molecule has 0 aliphatic heterocycles. The second-order valence-electron chi connectivity index (χ2n) is 3.74. The number of hydrogen-bond acceptors (Lipinski definition) is 3. The predicted molar refractivity (Wildman–Crippen MR) is 81.9 cm³/mol. The fourth-order valence-corrected chi connectivity index (χ4v) is 2.20. The fraction of sp³-hybridized carbons (Fsp3) is 0.133. The second-order valence-corrected chi connectivity index (χ2v) is 5.01. The van der Waals surface area contributed by atoms with Crippen molar-refractivity contribution >= 4 is 29.4 Å². The largest absolute Gasteiger partial charge is 0.477 e. The van der Waals surface area contributed by atoms with Gasteiger partial charge in [0.25, 0.3) is 0 Å². The van der Waals surface area contributed by atoms with Gasteiger partial charge in [0.1, 0.15) is 0 Å². The summed E-state index contributed by atoms with van der Waals surface area (Å²) in [5.41, 5.74) is 0.978. The molecule has 0 radical (unpaired) electrons. The van der Waals surface area contributed by atoms with Crippen LogP contribution < -0.4 is 0 Å². The van der Waals surface area contributed by atoms with Gasteiger partial charge in [0.05, 0.1) is 6.61 Å². The molecule has 0 aliphatic carbocycles. The molecule has 0 fully saturated rings. The zero-order chi connectivity index (χ0) is 13.5. The Morgan fingerprint density at radius 3 is 2.42 bits per heavy atom. The minimum atomic E-state index is 0.592. The van der Waals surface area contributed by atoms with Gasteiger partial charge in [-0.1, -0.05) is 29.8 Å². The van der Waals surface area contributed by atoms with Gasteiger partial charge in [-0.2, -0.15) is 4.40 Å². The van der Waals surface area contributed by atoms with Gasteiger partial charge < -0.3 is 4.74 Å². The Kier molecular flexibility index (Phi) is 5.31. The molecule has 0 bridgehead atoms. The summed E-state index contributed by atoms with van der Waals surface area (Å²) in [5, 5.41) is 0.724. The van der Waals surface area contributed by atoms with Gasteiger partial charge in [0, 0.05) is 27.4 Å². The van der Waals surface area contributed by atoms with Gasteiger partial charge in [-0.3, -0.25) is 0 Å². The van der Waals surface area contributed by atoms with E-state index in [0.29, 0.717) is 12.5 Å². The van der Waals surface area contributed by atoms with E-state index in [-0.39, 0.29) is 0 Å². The molecule has 98 valence electrons. The maximum atomic E-state index is 5.85. The first-order valence-corrected chi connectivity index (χ1v) is 7.13. The first kappa shape index (κ1) is 14.0. The summed E-state index contributed by atoms with van der Waals surface area (Å²) in [7, 11) is 0. The van der Waals surface area contributed by atoms with Crippen LogP contribution in [-0.4, -0.2) is 12.5 Å². The third kappa shape index (κ3) is 4.30. The number of nitrogens with zero attached hydrogens (tertiary/aromatic N) is 1. The van der Waals surface area contributed by atoms with E-state index in [0.717, 1.165) is 15.5 Å². The number of rotatable bonds is 4. The Balaban J connectivity index is 2.15. The molecule has 0 unspecified atom stereocenters. The molecule has 0 spiro atoms. The molecule has 0 saturated carbocycles. The van der Waals surface area contributed by atoms with Gasteiger partial charge in [-0.25, -0.2) is 0 Å². The molecule has 0 aliphatic rings. The molecule has 0 amide bonds. The molecule has 2 rings (SSSR count). The highest BCUT2D eigenvalue weighted by Crippen LogP contribution is 2.22. The van der Waals surface area contributed by atoms with Crippen LogP contribution in [-0.2, 0) is 4.74 Å². The van der Waals surface area contributed by atoms with E-state index in [1.165, 1.54) is 11.9 Å². The molecule has 0 aromatic heterocycles. The van der Waals surface area contributed by atoms with Crippen molar-refractivity contribution in [3.05, 3.63) is 65.2 Å². The molecule has 2 aromatic carbocycles. The first-order valence-electron chi connectivity index (χ1n) is 5.98. The number of hydrogen-bond donors (Lipinski definition) is 0. The molecule has 2 aromatic rings. The minimum Gasteiger partial charge on any atom is -0.477 e. The van der Waals surface area contributed by atoms with Crippen molar-refractivity contribution in [1.29, 1.82) is 0 Å². The Morgan fingerprint density at radius 2 is 1.79 bits per heavy atom. The molecule has 4 heteroatoms. The van der Waals surface area contributed by atoms with Gasteiger partial charge in [0.15, 0.2) is 0 Å². The van der Waals surface area contributed by atoms with Crippen LogP contribution in [0.5, 0.6) is 0 Å². The summed E-state index contributed by atoms with van der Waals surface area (Å²) in [6.07, 6.45) is 0. The second kappa shape index (κ2) is 7.22. The van der Waals surface area contributed by atoms with E-state index < -0.39 is 0 Å². The molecule has 0 atom stereocenters. The van der Waals surface area contributed by atoms with Crippen LogP contribution in [0.2, 0.25) is 5.02 Å². The van der Waals surface area contributed by atoms with E-state index in [2.05, 4.69) is 4.40 Å². The third-order valence-corrected chi connectivity index (χ3v) is 3.34. The summed E-state index contributed by atoms with van der Waals surface area (Å²) < 4.78 is 10.0. The average Bonchev–Trinajstić information content (AvgIpc) is 2.46. The van der Waals surface area contributed by atoms with Gasteiger partial charge in [-0.15, -0.1) is 0 Å². The summed E-state index contributed by atoms with van der Waals surface area (Å²) in [6, 6.07) is 17.4. The maximum Gasteiger partial charge on any atom is 0.227 e. The molecule has 0 heterocycles. The van der Waals surface area contributed by atoms with Crippen molar-refractivity contribution in [2.75, 3.05) is 6.61 Å². The molecule has 0 N–H and O–H groups in total. The summed E-state index contributed by atoms with van der Waals surface area (Å²) in [5.74, 6) is 0.642. The van der Waals surface area contributed by atoms with E-state index in [1.54, 1.807) is 0 Å². The van der Waals surface area contributed by atoms with Crippen molar-refractivity contribution in [1.82, 2.24) is 0 Å². The zero-order valence-electron chi connectivity index (χ0n) is 10.5. The van der Waals surface area contributed by atoms with Crippen LogP contribution in [0, 0.1) is 0 Å². The van der Waals surface area contributed by atoms with Gasteiger partial charge in [-0.05, 0) is 43.3 Å². The normalized spacial score (nSPS) is 11.4. The van der Waals surface area contributed by atoms with Crippen LogP contribution in [0.15, 0.2) is 63.9 Å². The maximum absolute atomic E-state index is 5.85. The molecule has 2 nitrogen and oxygen atoms in total. The molecule has 0 saturated heterocycles. The number of benzene rings is 2.